The lowest BCUT2D eigenvalue weighted by atomic mass is 10.1. The van der Waals surface area contributed by atoms with Gasteiger partial charge in [0.2, 0.25) is 0 Å². The molecule has 3 rings (SSSR count). The highest BCUT2D eigenvalue weighted by Crippen LogP contribution is 2.42. The maximum atomic E-state index is 9.42. The molecule has 1 saturated carbocycles. The summed E-state index contributed by atoms with van der Waals surface area (Å²) >= 11 is 1.63. The number of benzene rings is 1. The molecule has 1 aliphatic rings. The van der Waals surface area contributed by atoms with Crippen molar-refractivity contribution >= 4 is 11.3 Å². The maximum Gasteiger partial charge on any atom is 0.125 e. The molecule has 0 aliphatic heterocycles. The molecule has 1 heterocycles. The molecule has 0 spiro atoms. The van der Waals surface area contributed by atoms with Gasteiger partial charge in [-0.1, -0.05) is 18.2 Å². The molecule has 1 aromatic heterocycles. The van der Waals surface area contributed by atoms with Crippen molar-refractivity contribution in [2.45, 2.75) is 45.6 Å². The van der Waals surface area contributed by atoms with Crippen molar-refractivity contribution in [2.24, 2.45) is 0 Å². The van der Waals surface area contributed by atoms with Gasteiger partial charge in [0.1, 0.15) is 5.75 Å². The van der Waals surface area contributed by atoms with E-state index >= 15 is 0 Å². The van der Waals surface area contributed by atoms with Crippen molar-refractivity contribution in [3.05, 3.63) is 44.9 Å². The third-order valence-electron chi connectivity index (χ3n) is 3.85. The number of aliphatic hydroxyl groups excluding tert-OH is 1. The molecular formula is C17H21NO2S. The summed E-state index contributed by atoms with van der Waals surface area (Å²) in [4.78, 5) is 5.74. The largest absolute Gasteiger partial charge is 0.493 e. The minimum atomic E-state index is 0.112. The molecule has 1 fully saturated rings. The van der Waals surface area contributed by atoms with Gasteiger partial charge in [-0.2, -0.15) is 0 Å². The summed E-state index contributed by atoms with van der Waals surface area (Å²) in [6, 6.07) is 6.19. The summed E-state index contributed by atoms with van der Waals surface area (Å²) in [7, 11) is 0. The van der Waals surface area contributed by atoms with E-state index < -0.39 is 0 Å². The third kappa shape index (κ3) is 3.27. The fourth-order valence-corrected chi connectivity index (χ4v) is 3.57. The number of rotatable bonds is 6. The third-order valence-corrected chi connectivity index (χ3v) is 4.97. The Balaban J connectivity index is 1.63. The van der Waals surface area contributed by atoms with Crippen molar-refractivity contribution in [1.29, 1.82) is 0 Å². The fourth-order valence-electron chi connectivity index (χ4n) is 2.58. The predicted octanol–water partition coefficient (Wildman–Crippen LogP) is 3.75. The summed E-state index contributed by atoms with van der Waals surface area (Å²) < 4.78 is 5.93. The average Bonchev–Trinajstić information content (AvgIpc) is 3.23. The van der Waals surface area contributed by atoms with E-state index in [0.717, 1.165) is 27.7 Å². The minimum absolute atomic E-state index is 0.112. The molecule has 0 bridgehead atoms. The number of hydrogen-bond acceptors (Lipinski definition) is 4. The van der Waals surface area contributed by atoms with Crippen molar-refractivity contribution in [2.75, 3.05) is 6.61 Å². The van der Waals surface area contributed by atoms with Crippen molar-refractivity contribution in [3.8, 4) is 5.75 Å². The Hall–Kier alpha value is -1.39. The molecule has 0 atom stereocenters. The van der Waals surface area contributed by atoms with Crippen LogP contribution in [0.2, 0.25) is 0 Å². The molecule has 1 aromatic carbocycles. The number of aliphatic hydroxyl groups is 1. The Morgan fingerprint density at radius 2 is 2.00 bits per heavy atom. The van der Waals surface area contributed by atoms with Gasteiger partial charge in [-0.05, 0) is 37.8 Å². The van der Waals surface area contributed by atoms with Gasteiger partial charge in [-0.3, -0.25) is 0 Å². The van der Waals surface area contributed by atoms with Crippen LogP contribution in [0.1, 0.15) is 45.5 Å². The van der Waals surface area contributed by atoms with Crippen molar-refractivity contribution in [1.82, 2.24) is 4.98 Å². The van der Waals surface area contributed by atoms with E-state index in [1.807, 2.05) is 6.07 Å². The summed E-state index contributed by atoms with van der Waals surface area (Å²) in [6.45, 7) is 4.89. The zero-order valence-corrected chi connectivity index (χ0v) is 13.4. The predicted molar refractivity (Wildman–Crippen MR) is 85.1 cm³/mol. The van der Waals surface area contributed by atoms with E-state index in [1.165, 1.54) is 24.0 Å². The average molecular weight is 303 g/mol. The van der Waals surface area contributed by atoms with Crippen LogP contribution in [0, 0.1) is 13.8 Å². The summed E-state index contributed by atoms with van der Waals surface area (Å²) in [5.41, 5.74) is 3.47. The molecule has 112 valence electrons. The number of ether oxygens (including phenoxy) is 1. The fraction of sp³-hybridized carbons (Fsp3) is 0.471. The van der Waals surface area contributed by atoms with Crippen LogP contribution in [0.4, 0.5) is 0 Å². The van der Waals surface area contributed by atoms with Crippen LogP contribution in [-0.4, -0.2) is 16.7 Å². The zero-order chi connectivity index (χ0) is 14.8. The lowest BCUT2D eigenvalue weighted by Crippen LogP contribution is -2.03. The van der Waals surface area contributed by atoms with Crippen LogP contribution in [0.5, 0.6) is 5.75 Å². The highest BCUT2D eigenvalue weighted by molar-refractivity contribution is 7.11. The van der Waals surface area contributed by atoms with Crippen LogP contribution in [0.15, 0.2) is 18.2 Å². The molecule has 0 radical (unpaired) electrons. The second-order valence-corrected chi connectivity index (χ2v) is 6.84. The van der Waals surface area contributed by atoms with Crippen LogP contribution in [0.25, 0.3) is 0 Å². The van der Waals surface area contributed by atoms with E-state index in [2.05, 4.69) is 26.0 Å². The van der Waals surface area contributed by atoms with Gasteiger partial charge in [0.05, 0.1) is 28.8 Å². The Labute approximate surface area is 129 Å². The second kappa shape index (κ2) is 6.16. The van der Waals surface area contributed by atoms with Gasteiger partial charge in [0.15, 0.2) is 0 Å². The van der Waals surface area contributed by atoms with E-state index in [0.29, 0.717) is 12.5 Å². The van der Waals surface area contributed by atoms with Crippen molar-refractivity contribution in [3.63, 3.8) is 0 Å². The highest BCUT2D eigenvalue weighted by atomic mass is 32.1. The molecule has 0 saturated heterocycles. The number of para-hydroxylation sites is 1. The molecule has 21 heavy (non-hydrogen) atoms. The van der Waals surface area contributed by atoms with Gasteiger partial charge in [-0.25, -0.2) is 4.98 Å². The maximum absolute atomic E-state index is 9.42. The van der Waals surface area contributed by atoms with E-state index in [-0.39, 0.29) is 6.61 Å². The summed E-state index contributed by atoms with van der Waals surface area (Å²) in [5, 5.41) is 10.5. The monoisotopic (exact) mass is 303 g/mol. The lowest BCUT2D eigenvalue weighted by molar-refractivity contribution is 0.284. The number of nitrogens with zero attached hydrogens (tertiary/aromatic N) is 1. The lowest BCUT2D eigenvalue weighted by Gasteiger charge is -2.10. The number of aromatic nitrogens is 1. The SMILES string of the molecule is Cc1cccc(C)c1OCCc1nc(C2CC2)c(CO)s1. The Kier molecular flexibility index (Phi) is 4.27. The second-order valence-electron chi connectivity index (χ2n) is 5.67. The standard InChI is InChI=1S/C17H21NO2S/c1-11-4-3-5-12(2)17(11)20-9-8-15-18-16(13-6-7-13)14(10-19)21-15/h3-5,13,19H,6-10H2,1-2H3. The molecule has 1 aliphatic carbocycles. The molecule has 0 unspecified atom stereocenters. The zero-order valence-electron chi connectivity index (χ0n) is 12.6. The first kappa shape index (κ1) is 14.5. The van der Waals surface area contributed by atoms with Gasteiger partial charge in [-0.15, -0.1) is 11.3 Å². The van der Waals surface area contributed by atoms with Gasteiger partial charge in [0, 0.05) is 12.3 Å². The number of aryl methyl sites for hydroxylation is 2. The quantitative estimate of drug-likeness (QED) is 0.883. The summed E-state index contributed by atoms with van der Waals surface area (Å²) in [6.07, 6.45) is 3.24. The van der Waals surface area contributed by atoms with Crippen molar-refractivity contribution < 1.29 is 9.84 Å². The van der Waals surface area contributed by atoms with E-state index in [9.17, 15) is 5.11 Å². The van der Waals surface area contributed by atoms with E-state index in [1.54, 1.807) is 11.3 Å². The Morgan fingerprint density at radius 3 is 2.62 bits per heavy atom. The first-order valence-electron chi connectivity index (χ1n) is 7.47. The number of thiazole rings is 1. The highest BCUT2D eigenvalue weighted by Gasteiger charge is 2.29. The molecule has 4 heteroatoms. The first-order chi connectivity index (χ1) is 10.2. The van der Waals surface area contributed by atoms with E-state index in [4.69, 9.17) is 9.72 Å². The molecule has 1 N–H and O–H groups in total. The number of hydrogen-bond donors (Lipinski definition) is 1. The van der Waals surface area contributed by atoms with Crippen LogP contribution >= 0.6 is 11.3 Å². The van der Waals surface area contributed by atoms with Crippen LogP contribution in [-0.2, 0) is 13.0 Å². The van der Waals surface area contributed by atoms with Crippen LogP contribution < -0.4 is 4.74 Å². The smallest absolute Gasteiger partial charge is 0.125 e. The molecule has 3 nitrogen and oxygen atoms in total. The minimum Gasteiger partial charge on any atom is -0.493 e. The molecule has 2 aromatic rings. The van der Waals surface area contributed by atoms with Crippen LogP contribution in [0.3, 0.4) is 0 Å². The Morgan fingerprint density at radius 1 is 1.29 bits per heavy atom. The Bertz CT molecular complexity index is 611. The molecule has 0 amide bonds. The van der Waals surface area contributed by atoms with Gasteiger partial charge < -0.3 is 9.84 Å². The normalized spacial score (nSPS) is 14.4. The molecular weight excluding hydrogens is 282 g/mol. The first-order valence-corrected chi connectivity index (χ1v) is 8.29. The topological polar surface area (TPSA) is 42.4 Å². The summed E-state index contributed by atoms with van der Waals surface area (Å²) in [5.74, 6) is 1.58. The van der Waals surface area contributed by atoms with Gasteiger partial charge in [0.25, 0.3) is 0 Å². The van der Waals surface area contributed by atoms with Gasteiger partial charge >= 0.3 is 0 Å².